The molecule has 2 N–H and O–H groups in total. The van der Waals surface area contributed by atoms with Crippen LogP contribution in [-0.2, 0) is 13.6 Å². The lowest BCUT2D eigenvalue weighted by molar-refractivity contribution is 0.768. The van der Waals surface area contributed by atoms with Crippen LogP contribution in [-0.4, -0.2) is 9.78 Å². The molecule has 0 amide bonds. The molecule has 1 heterocycles. The maximum Gasteiger partial charge on any atom is 0.0568 e. The van der Waals surface area contributed by atoms with E-state index >= 15 is 0 Å². The van der Waals surface area contributed by atoms with Crippen LogP contribution in [0.1, 0.15) is 11.1 Å². The van der Waals surface area contributed by atoms with Crippen molar-refractivity contribution in [3.05, 3.63) is 41.7 Å². The molecule has 0 spiro atoms. The summed E-state index contributed by atoms with van der Waals surface area (Å²) in [6, 6.07) is 6.30. The van der Waals surface area contributed by atoms with Crippen molar-refractivity contribution in [2.24, 2.45) is 12.8 Å². The van der Waals surface area contributed by atoms with Crippen molar-refractivity contribution in [3.63, 3.8) is 0 Å². The average molecular weight is 201 g/mol. The highest BCUT2D eigenvalue weighted by Gasteiger charge is 2.04. The lowest BCUT2D eigenvalue weighted by Gasteiger charge is -2.05. The maximum absolute atomic E-state index is 5.60. The zero-order valence-corrected chi connectivity index (χ0v) is 9.07. The number of hydrogen-bond donors (Lipinski definition) is 1. The van der Waals surface area contributed by atoms with Gasteiger partial charge in [0.2, 0.25) is 0 Å². The van der Waals surface area contributed by atoms with Crippen LogP contribution in [0, 0.1) is 6.92 Å². The molecule has 0 aliphatic carbocycles. The van der Waals surface area contributed by atoms with Crippen LogP contribution in [0.5, 0.6) is 0 Å². The lowest BCUT2D eigenvalue weighted by Crippen LogP contribution is -1.96. The van der Waals surface area contributed by atoms with Crippen LogP contribution >= 0.6 is 0 Å². The molecule has 0 radical (unpaired) electrons. The molecule has 3 nitrogen and oxygen atoms in total. The zero-order chi connectivity index (χ0) is 10.8. The first-order chi connectivity index (χ1) is 7.20. The van der Waals surface area contributed by atoms with E-state index in [4.69, 9.17) is 5.73 Å². The highest BCUT2D eigenvalue weighted by Crippen LogP contribution is 2.23. The van der Waals surface area contributed by atoms with Crippen molar-refractivity contribution in [1.82, 2.24) is 9.78 Å². The number of nitrogens with zero attached hydrogens (tertiary/aromatic N) is 2. The smallest absolute Gasteiger partial charge is 0.0568 e. The second-order valence-electron chi connectivity index (χ2n) is 3.76. The molecule has 78 valence electrons. The summed E-state index contributed by atoms with van der Waals surface area (Å²) in [4.78, 5) is 0. The van der Waals surface area contributed by atoms with E-state index in [1.165, 1.54) is 16.7 Å². The third-order valence-electron chi connectivity index (χ3n) is 2.54. The van der Waals surface area contributed by atoms with Gasteiger partial charge in [-0.05, 0) is 23.6 Å². The number of aromatic nitrogens is 2. The molecular formula is C12H15N3. The van der Waals surface area contributed by atoms with Crippen LogP contribution in [0.15, 0.2) is 30.6 Å². The number of aryl methyl sites for hydroxylation is 2. The van der Waals surface area contributed by atoms with E-state index in [2.05, 4.69) is 30.2 Å². The molecule has 0 saturated carbocycles. The van der Waals surface area contributed by atoms with Crippen molar-refractivity contribution >= 4 is 0 Å². The Balaban J connectivity index is 2.45. The first-order valence-corrected chi connectivity index (χ1v) is 4.99. The molecule has 0 atom stereocenters. The minimum absolute atomic E-state index is 0.591. The fourth-order valence-electron chi connectivity index (χ4n) is 1.74. The third-order valence-corrected chi connectivity index (χ3v) is 2.54. The Hall–Kier alpha value is -1.61. The van der Waals surface area contributed by atoms with Gasteiger partial charge in [-0.25, -0.2) is 0 Å². The van der Waals surface area contributed by atoms with Crippen molar-refractivity contribution < 1.29 is 0 Å². The summed E-state index contributed by atoms with van der Waals surface area (Å²) in [5, 5.41) is 4.17. The lowest BCUT2D eigenvalue weighted by atomic mass is 10.0. The normalized spacial score (nSPS) is 10.6. The van der Waals surface area contributed by atoms with E-state index in [1.54, 1.807) is 0 Å². The Bertz CT molecular complexity index is 471. The minimum atomic E-state index is 0.591. The molecular weight excluding hydrogens is 186 g/mol. The third kappa shape index (κ3) is 1.92. The molecule has 2 aromatic rings. The molecule has 0 unspecified atom stereocenters. The summed E-state index contributed by atoms with van der Waals surface area (Å²) in [5.41, 5.74) is 10.4. The highest BCUT2D eigenvalue weighted by atomic mass is 15.2. The van der Waals surface area contributed by atoms with Gasteiger partial charge in [0.25, 0.3) is 0 Å². The molecule has 0 fully saturated rings. The van der Waals surface area contributed by atoms with Crippen LogP contribution < -0.4 is 5.73 Å². The van der Waals surface area contributed by atoms with Gasteiger partial charge in [-0.15, -0.1) is 0 Å². The van der Waals surface area contributed by atoms with Gasteiger partial charge < -0.3 is 5.73 Å². The van der Waals surface area contributed by atoms with E-state index in [1.807, 2.05) is 24.1 Å². The SMILES string of the molecule is Cc1cc(CN)ccc1-c1cnn(C)c1. The second-order valence-corrected chi connectivity index (χ2v) is 3.76. The predicted octanol–water partition coefficient (Wildman–Crippen LogP) is 1.85. The Morgan fingerprint density at radius 1 is 1.40 bits per heavy atom. The van der Waals surface area contributed by atoms with Gasteiger partial charge in [0.1, 0.15) is 0 Å². The fourth-order valence-corrected chi connectivity index (χ4v) is 1.74. The standard InChI is InChI=1S/C12H15N3/c1-9-5-10(6-13)3-4-12(9)11-7-14-15(2)8-11/h3-5,7-8H,6,13H2,1-2H3. The van der Waals surface area contributed by atoms with Crippen LogP contribution in [0.2, 0.25) is 0 Å². The van der Waals surface area contributed by atoms with Crippen LogP contribution in [0.3, 0.4) is 0 Å². The predicted molar refractivity (Wildman–Crippen MR) is 61.3 cm³/mol. The average Bonchev–Trinajstić information content (AvgIpc) is 2.64. The summed E-state index contributed by atoms with van der Waals surface area (Å²) in [6.45, 7) is 2.69. The van der Waals surface area contributed by atoms with Gasteiger partial charge in [-0.1, -0.05) is 18.2 Å². The number of benzene rings is 1. The molecule has 1 aromatic heterocycles. The zero-order valence-electron chi connectivity index (χ0n) is 9.07. The number of hydrogen-bond acceptors (Lipinski definition) is 2. The molecule has 2 rings (SSSR count). The Morgan fingerprint density at radius 2 is 2.20 bits per heavy atom. The van der Waals surface area contributed by atoms with Crippen molar-refractivity contribution in [2.45, 2.75) is 13.5 Å². The molecule has 0 aliphatic rings. The number of rotatable bonds is 2. The molecule has 0 saturated heterocycles. The van der Waals surface area contributed by atoms with E-state index in [0.717, 1.165) is 5.56 Å². The van der Waals surface area contributed by atoms with Gasteiger partial charge >= 0.3 is 0 Å². The van der Waals surface area contributed by atoms with Gasteiger partial charge in [0.05, 0.1) is 6.20 Å². The molecule has 1 aromatic carbocycles. The van der Waals surface area contributed by atoms with Crippen molar-refractivity contribution in [3.8, 4) is 11.1 Å². The van der Waals surface area contributed by atoms with Gasteiger partial charge in [-0.2, -0.15) is 5.10 Å². The quantitative estimate of drug-likeness (QED) is 0.806. The molecule has 0 aliphatic heterocycles. The van der Waals surface area contributed by atoms with E-state index in [0.29, 0.717) is 6.54 Å². The minimum Gasteiger partial charge on any atom is -0.326 e. The first-order valence-electron chi connectivity index (χ1n) is 4.99. The van der Waals surface area contributed by atoms with Crippen LogP contribution in [0.25, 0.3) is 11.1 Å². The maximum atomic E-state index is 5.60. The Morgan fingerprint density at radius 3 is 2.73 bits per heavy atom. The van der Waals surface area contributed by atoms with Crippen LogP contribution in [0.4, 0.5) is 0 Å². The van der Waals surface area contributed by atoms with Crippen molar-refractivity contribution in [1.29, 1.82) is 0 Å². The molecule has 0 bridgehead atoms. The summed E-state index contributed by atoms with van der Waals surface area (Å²) in [7, 11) is 1.92. The first kappa shape index (κ1) is 9.93. The summed E-state index contributed by atoms with van der Waals surface area (Å²) >= 11 is 0. The Kier molecular flexibility index (Phi) is 2.56. The van der Waals surface area contributed by atoms with Gasteiger partial charge in [0.15, 0.2) is 0 Å². The van der Waals surface area contributed by atoms with E-state index < -0.39 is 0 Å². The molecule has 3 heteroatoms. The number of nitrogens with two attached hydrogens (primary N) is 1. The summed E-state index contributed by atoms with van der Waals surface area (Å²) < 4.78 is 1.81. The van der Waals surface area contributed by atoms with E-state index in [9.17, 15) is 0 Å². The highest BCUT2D eigenvalue weighted by molar-refractivity contribution is 5.66. The van der Waals surface area contributed by atoms with Crippen molar-refractivity contribution in [2.75, 3.05) is 0 Å². The Labute approximate surface area is 89.5 Å². The largest absolute Gasteiger partial charge is 0.326 e. The topological polar surface area (TPSA) is 43.8 Å². The molecule has 15 heavy (non-hydrogen) atoms. The van der Waals surface area contributed by atoms with Gasteiger partial charge in [0, 0.05) is 25.4 Å². The fraction of sp³-hybridized carbons (Fsp3) is 0.250. The monoisotopic (exact) mass is 201 g/mol. The van der Waals surface area contributed by atoms with Gasteiger partial charge in [-0.3, -0.25) is 4.68 Å². The second kappa shape index (κ2) is 3.87. The summed E-state index contributed by atoms with van der Waals surface area (Å²) in [6.07, 6.45) is 3.90. The summed E-state index contributed by atoms with van der Waals surface area (Å²) in [5.74, 6) is 0. The van der Waals surface area contributed by atoms with E-state index in [-0.39, 0.29) is 0 Å².